The summed E-state index contributed by atoms with van der Waals surface area (Å²) in [4.78, 5) is 0. The topological polar surface area (TPSA) is 105 Å². The third-order valence-corrected chi connectivity index (χ3v) is 2.34. The zero-order valence-electron chi connectivity index (χ0n) is 8.25. The predicted octanol–water partition coefficient (Wildman–Crippen LogP) is -1.86. The van der Waals surface area contributed by atoms with Crippen LogP contribution >= 0.6 is 0 Å². The molecule has 4 atom stereocenters. The Hall–Kier alpha value is -0.240. The summed E-state index contributed by atoms with van der Waals surface area (Å²) in [6, 6.07) is 0. The minimum atomic E-state index is -1.40. The summed E-state index contributed by atoms with van der Waals surface area (Å²) in [7, 11) is 0. The molecular formula is C8H17NO5. The van der Waals surface area contributed by atoms with Crippen molar-refractivity contribution in [3.63, 3.8) is 0 Å². The predicted molar refractivity (Wildman–Crippen MR) is 47.1 cm³/mol. The van der Waals surface area contributed by atoms with Crippen LogP contribution in [0.1, 0.15) is 13.8 Å². The summed E-state index contributed by atoms with van der Waals surface area (Å²) in [5, 5.41) is 28.2. The van der Waals surface area contributed by atoms with Crippen molar-refractivity contribution in [2.45, 2.75) is 44.1 Å². The Kier molecular flexibility index (Phi) is 3.46. The first-order chi connectivity index (χ1) is 6.40. The van der Waals surface area contributed by atoms with Crippen molar-refractivity contribution in [2.24, 2.45) is 5.73 Å². The number of aliphatic hydroxyl groups is 3. The second-order valence-electron chi connectivity index (χ2n) is 3.85. The number of ether oxygens (including phenoxy) is 2. The fraction of sp³-hybridized carbons (Fsp3) is 1.00. The zero-order chi connectivity index (χ0) is 10.9. The molecule has 0 saturated carbocycles. The van der Waals surface area contributed by atoms with Crippen LogP contribution < -0.4 is 5.73 Å². The summed E-state index contributed by atoms with van der Waals surface area (Å²) in [5.74, 6) is 0. The SMILES string of the molecule is CC1(C)OC(O)[C@H](O)[C@H](O)[C@H]1OCN. The maximum atomic E-state index is 9.60. The molecule has 0 aliphatic carbocycles. The first kappa shape index (κ1) is 11.8. The summed E-state index contributed by atoms with van der Waals surface area (Å²) >= 11 is 0. The van der Waals surface area contributed by atoms with E-state index in [4.69, 9.17) is 15.2 Å². The molecule has 14 heavy (non-hydrogen) atoms. The fourth-order valence-corrected chi connectivity index (χ4v) is 1.61. The van der Waals surface area contributed by atoms with Crippen LogP contribution in [0, 0.1) is 0 Å². The van der Waals surface area contributed by atoms with Gasteiger partial charge < -0.3 is 30.5 Å². The van der Waals surface area contributed by atoms with Gasteiger partial charge in [0, 0.05) is 0 Å². The maximum Gasteiger partial charge on any atom is 0.184 e. The van der Waals surface area contributed by atoms with E-state index >= 15 is 0 Å². The highest BCUT2D eigenvalue weighted by Crippen LogP contribution is 2.30. The minimum absolute atomic E-state index is 0.0860. The Bertz CT molecular complexity index is 198. The van der Waals surface area contributed by atoms with Gasteiger partial charge in [-0.1, -0.05) is 0 Å². The quantitative estimate of drug-likeness (QED) is 0.396. The Balaban J connectivity index is 2.79. The van der Waals surface area contributed by atoms with Gasteiger partial charge in [-0.25, -0.2) is 0 Å². The summed E-state index contributed by atoms with van der Waals surface area (Å²) < 4.78 is 10.1. The van der Waals surface area contributed by atoms with Gasteiger partial charge in [-0.05, 0) is 13.8 Å². The Morgan fingerprint density at radius 2 is 1.86 bits per heavy atom. The zero-order valence-corrected chi connectivity index (χ0v) is 8.25. The van der Waals surface area contributed by atoms with Crippen LogP contribution in [0.2, 0.25) is 0 Å². The highest BCUT2D eigenvalue weighted by molar-refractivity contribution is 4.95. The van der Waals surface area contributed by atoms with Crippen LogP contribution in [0.15, 0.2) is 0 Å². The van der Waals surface area contributed by atoms with Gasteiger partial charge in [-0.3, -0.25) is 0 Å². The molecule has 0 aromatic heterocycles. The van der Waals surface area contributed by atoms with Gasteiger partial charge in [0.2, 0.25) is 0 Å². The third-order valence-electron chi connectivity index (χ3n) is 2.34. The van der Waals surface area contributed by atoms with Gasteiger partial charge in [0.15, 0.2) is 6.29 Å². The highest BCUT2D eigenvalue weighted by Gasteiger charge is 2.49. The number of hydrogen-bond donors (Lipinski definition) is 4. The Labute approximate surface area is 82.2 Å². The molecule has 84 valence electrons. The average Bonchev–Trinajstić information content (AvgIpc) is 2.08. The van der Waals surface area contributed by atoms with Gasteiger partial charge in [0.05, 0.1) is 12.3 Å². The first-order valence-electron chi connectivity index (χ1n) is 4.44. The van der Waals surface area contributed by atoms with Crippen LogP contribution in [0.25, 0.3) is 0 Å². The van der Waals surface area contributed by atoms with Crippen LogP contribution in [-0.4, -0.2) is 52.3 Å². The van der Waals surface area contributed by atoms with E-state index in [0.717, 1.165) is 0 Å². The second-order valence-corrected chi connectivity index (χ2v) is 3.85. The summed E-state index contributed by atoms with van der Waals surface area (Å²) in [6.07, 6.45) is -4.75. The normalized spacial score (nSPS) is 42.4. The van der Waals surface area contributed by atoms with Gasteiger partial charge in [-0.15, -0.1) is 0 Å². The largest absolute Gasteiger partial charge is 0.387 e. The first-order valence-corrected chi connectivity index (χ1v) is 4.44. The van der Waals surface area contributed by atoms with E-state index in [0.29, 0.717) is 0 Å². The molecule has 1 unspecified atom stereocenters. The molecule has 0 radical (unpaired) electrons. The molecule has 1 aliphatic rings. The second kappa shape index (κ2) is 4.09. The lowest BCUT2D eigenvalue weighted by atomic mass is 9.90. The fourth-order valence-electron chi connectivity index (χ4n) is 1.61. The Morgan fingerprint density at radius 3 is 2.36 bits per heavy atom. The molecule has 0 amide bonds. The van der Waals surface area contributed by atoms with Crippen molar-refractivity contribution >= 4 is 0 Å². The van der Waals surface area contributed by atoms with E-state index in [1.165, 1.54) is 0 Å². The molecule has 1 fully saturated rings. The minimum Gasteiger partial charge on any atom is -0.387 e. The van der Waals surface area contributed by atoms with Crippen LogP contribution in [0.3, 0.4) is 0 Å². The molecule has 5 N–H and O–H groups in total. The van der Waals surface area contributed by atoms with E-state index in [9.17, 15) is 15.3 Å². The van der Waals surface area contributed by atoms with Crippen molar-refractivity contribution < 1.29 is 24.8 Å². The number of hydrogen-bond acceptors (Lipinski definition) is 6. The lowest BCUT2D eigenvalue weighted by Crippen LogP contribution is -2.63. The van der Waals surface area contributed by atoms with Crippen molar-refractivity contribution in [1.82, 2.24) is 0 Å². The number of rotatable bonds is 2. The van der Waals surface area contributed by atoms with E-state index in [2.05, 4.69) is 0 Å². The summed E-state index contributed by atoms with van der Waals surface area (Å²) in [6.45, 7) is 3.20. The monoisotopic (exact) mass is 207 g/mol. The van der Waals surface area contributed by atoms with E-state index in [-0.39, 0.29) is 6.73 Å². The molecule has 0 aromatic rings. The van der Waals surface area contributed by atoms with Gasteiger partial charge in [0.25, 0.3) is 0 Å². The molecule has 0 aromatic carbocycles. The van der Waals surface area contributed by atoms with E-state index < -0.39 is 30.2 Å². The molecule has 0 bridgehead atoms. The van der Waals surface area contributed by atoms with E-state index in [1.807, 2.05) is 0 Å². The average molecular weight is 207 g/mol. The van der Waals surface area contributed by atoms with Crippen molar-refractivity contribution in [3.8, 4) is 0 Å². The molecule has 6 heteroatoms. The van der Waals surface area contributed by atoms with Crippen molar-refractivity contribution in [3.05, 3.63) is 0 Å². The lowest BCUT2D eigenvalue weighted by Gasteiger charge is -2.45. The molecule has 1 heterocycles. The smallest absolute Gasteiger partial charge is 0.184 e. The van der Waals surface area contributed by atoms with Crippen LogP contribution in [0.4, 0.5) is 0 Å². The van der Waals surface area contributed by atoms with Crippen molar-refractivity contribution in [1.29, 1.82) is 0 Å². The molecular weight excluding hydrogens is 190 g/mol. The van der Waals surface area contributed by atoms with Crippen LogP contribution in [0.5, 0.6) is 0 Å². The van der Waals surface area contributed by atoms with Gasteiger partial charge in [-0.2, -0.15) is 0 Å². The molecule has 6 nitrogen and oxygen atoms in total. The Morgan fingerprint density at radius 1 is 1.29 bits per heavy atom. The van der Waals surface area contributed by atoms with E-state index in [1.54, 1.807) is 13.8 Å². The molecule has 0 spiro atoms. The number of aliphatic hydroxyl groups excluding tert-OH is 3. The third kappa shape index (κ3) is 2.05. The standard InChI is InChI=1S/C8H17NO5/c1-8(2)6(13-3-9)4(10)5(11)7(12)14-8/h4-7,10-12H,3,9H2,1-2H3/t4-,5+,6+,7?/m0/s1. The molecule has 1 saturated heterocycles. The number of nitrogens with two attached hydrogens (primary N) is 1. The lowest BCUT2D eigenvalue weighted by molar-refractivity contribution is -0.317. The van der Waals surface area contributed by atoms with Gasteiger partial charge in [0.1, 0.15) is 18.3 Å². The summed E-state index contributed by atoms with van der Waals surface area (Å²) in [5.41, 5.74) is 4.30. The van der Waals surface area contributed by atoms with Crippen LogP contribution in [-0.2, 0) is 9.47 Å². The molecule has 1 aliphatic heterocycles. The maximum absolute atomic E-state index is 9.60. The highest BCUT2D eigenvalue weighted by atomic mass is 16.7. The van der Waals surface area contributed by atoms with Gasteiger partial charge >= 0.3 is 0 Å². The van der Waals surface area contributed by atoms with Crippen molar-refractivity contribution in [2.75, 3.05) is 6.73 Å². The molecule has 1 rings (SSSR count).